The Kier molecular flexibility index (Phi) is 2.35. The molecule has 0 fully saturated rings. The second kappa shape index (κ2) is 3.09. The Balaban J connectivity index is 2.68. The maximum Gasteiger partial charge on any atom is 0.0987 e. The van der Waals surface area contributed by atoms with Crippen molar-refractivity contribution >= 4 is 0 Å². The summed E-state index contributed by atoms with van der Waals surface area (Å²) in [5, 5.41) is 0. The molecule has 0 aliphatic heterocycles. The Morgan fingerprint density at radius 2 is 2.18 bits per heavy atom. The van der Waals surface area contributed by atoms with Crippen molar-refractivity contribution in [3.05, 3.63) is 24.0 Å². The van der Waals surface area contributed by atoms with Gasteiger partial charge < -0.3 is 9.47 Å². The van der Waals surface area contributed by atoms with Gasteiger partial charge in [-0.15, -0.1) is 0 Å². The number of hydrogen-bond donors (Lipinski definition) is 0. The van der Waals surface area contributed by atoms with Crippen LogP contribution in [0, 0.1) is 0 Å². The van der Waals surface area contributed by atoms with E-state index in [2.05, 4.69) is 0 Å². The normalized spacial score (nSPS) is 29.9. The first-order chi connectivity index (χ1) is 5.20. The van der Waals surface area contributed by atoms with Crippen LogP contribution in [-0.4, -0.2) is 19.8 Å². The van der Waals surface area contributed by atoms with Gasteiger partial charge in [0.25, 0.3) is 0 Å². The molecule has 0 saturated carbocycles. The van der Waals surface area contributed by atoms with Gasteiger partial charge in [0.2, 0.25) is 0 Å². The Labute approximate surface area is 67.5 Å². The quantitative estimate of drug-likeness (QED) is 0.604. The number of ether oxygens (including phenoxy) is 2. The predicted molar refractivity (Wildman–Crippen MR) is 44.3 cm³/mol. The van der Waals surface area contributed by atoms with Crippen LogP contribution in [0.25, 0.3) is 0 Å². The molecular formula is C9H14O2. The lowest BCUT2D eigenvalue weighted by Gasteiger charge is -2.27. The highest BCUT2D eigenvalue weighted by molar-refractivity contribution is 5.21. The van der Waals surface area contributed by atoms with Gasteiger partial charge in [0.1, 0.15) is 0 Å². The molecule has 62 valence electrons. The zero-order chi connectivity index (χ0) is 8.32. The first-order valence-corrected chi connectivity index (χ1v) is 3.68. The van der Waals surface area contributed by atoms with Crippen molar-refractivity contribution < 1.29 is 9.47 Å². The van der Waals surface area contributed by atoms with Crippen molar-refractivity contribution in [1.82, 2.24) is 0 Å². The fraction of sp³-hybridized carbons (Fsp3) is 0.556. The lowest BCUT2D eigenvalue weighted by Crippen LogP contribution is -2.26. The molecule has 1 aliphatic carbocycles. The highest BCUT2D eigenvalue weighted by Crippen LogP contribution is 2.25. The summed E-state index contributed by atoms with van der Waals surface area (Å²) in [5.41, 5.74) is -0.180. The second-order valence-electron chi connectivity index (χ2n) is 2.89. The Morgan fingerprint density at radius 1 is 1.45 bits per heavy atom. The summed E-state index contributed by atoms with van der Waals surface area (Å²) < 4.78 is 10.4. The van der Waals surface area contributed by atoms with Crippen LogP contribution in [0.1, 0.15) is 13.3 Å². The predicted octanol–water partition coefficient (Wildman–Crippen LogP) is 1.88. The summed E-state index contributed by atoms with van der Waals surface area (Å²) in [7, 11) is 3.39. The van der Waals surface area contributed by atoms with Gasteiger partial charge in [0.05, 0.1) is 18.5 Å². The lowest BCUT2D eigenvalue weighted by molar-refractivity contribution is 0.0355. The molecule has 1 unspecified atom stereocenters. The fourth-order valence-electron chi connectivity index (χ4n) is 1.10. The molecule has 0 bridgehead atoms. The molecule has 0 N–H and O–H groups in total. The van der Waals surface area contributed by atoms with Crippen LogP contribution in [-0.2, 0) is 9.47 Å². The Hall–Kier alpha value is -0.760. The van der Waals surface area contributed by atoms with Gasteiger partial charge >= 0.3 is 0 Å². The van der Waals surface area contributed by atoms with E-state index < -0.39 is 0 Å². The number of methoxy groups -OCH3 is 2. The van der Waals surface area contributed by atoms with Gasteiger partial charge in [-0.1, -0.05) is 12.2 Å². The molecule has 0 radical (unpaired) electrons. The van der Waals surface area contributed by atoms with Crippen molar-refractivity contribution in [2.75, 3.05) is 14.2 Å². The van der Waals surface area contributed by atoms with Crippen LogP contribution < -0.4 is 0 Å². The van der Waals surface area contributed by atoms with E-state index in [1.165, 1.54) is 0 Å². The van der Waals surface area contributed by atoms with Gasteiger partial charge in [0, 0.05) is 13.5 Å². The van der Waals surface area contributed by atoms with E-state index in [0.29, 0.717) is 0 Å². The summed E-state index contributed by atoms with van der Waals surface area (Å²) in [4.78, 5) is 0. The minimum atomic E-state index is -0.180. The number of rotatable bonds is 2. The average Bonchev–Trinajstić information content (AvgIpc) is 2.05. The topological polar surface area (TPSA) is 18.5 Å². The van der Waals surface area contributed by atoms with Crippen LogP contribution in [0.15, 0.2) is 24.0 Å². The van der Waals surface area contributed by atoms with Gasteiger partial charge in [-0.2, -0.15) is 0 Å². The molecule has 0 amide bonds. The third kappa shape index (κ3) is 1.84. The van der Waals surface area contributed by atoms with Crippen molar-refractivity contribution in [1.29, 1.82) is 0 Å². The average molecular weight is 154 g/mol. The van der Waals surface area contributed by atoms with Crippen LogP contribution in [0.3, 0.4) is 0 Å². The van der Waals surface area contributed by atoms with E-state index in [1.807, 2.05) is 25.2 Å². The third-order valence-electron chi connectivity index (χ3n) is 1.98. The largest absolute Gasteiger partial charge is 0.501 e. The standard InChI is InChI=1S/C9H14O2/c1-9(11-3)6-4-5-8(7-9)10-2/h4-6H,7H2,1-3H3. The SMILES string of the molecule is COC1=CC=CC(C)(OC)C1. The van der Waals surface area contributed by atoms with E-state index in [0.717, 1.165) is 12.2 Å². The molecule has 0 heterocycles. The molecule has 0 aromatic rings. The number of allylic oxidation sites excluding steroid dienone is 2. The summed E-state index contributed by atoms with van der Waals surface area (Å²) >= 11 is 0. The minimum absolute atomic E-state index is 0.180. The summed E-state index contributed by atoms with van der Waals surface area (Å²) in [6, 6.07) is 0. The smallest absolute Gasteiger partial charge is 0.0987 e. The van der Waals surface area contributed by atoms with Gasteiger partial charge in [0.15, 0.2) is 0 Å². The monoisotopic (exact) mass is 154 g/mol. The van der Waals surface area contributed by atoms with Crippen LogP contribution in [0.2, 0.25) is 0 Å². The first kappa shape index (κ1) is 8.34. The van der Waals surface area contributed by atoms with Crippen molar-refractivity contribution in [2.45, 2.75) is 18.9 Å². The van der Waals surface area contributed by atoms with Crippen molar-refractivity contribution in [3.63, 3.8) is 0 Å². The molecule has 11 heavy (non-hydrogen) atoms. The highest BCUT2D eigenvalue weighted by atomic mass is 16.5. The van der Waals surface area contributed by atoms with Crippen LogP contribution in [0.5, 0.6) is 0 Å². The minimum Gasteiger partial charge on any atom is -0.501 e. The summed E-state index contributed by atoms with van der Waals surface area (Å²) in [5.74, 6) is 0.969. The second-order valence-corrected chi connectivity index (χ2v) is 2.89. The van der Waals surface area contributed by atoms with E-state index in [1.54, 1.807) is 14.2 Å². The molecular weight excluding hydrogens is 140 g/mol. The molecule has 0 aromatic heterocycles. The van der Waals surface area contributed by atoms with E-state index >= 15 is 0 Å². The van der Waals surface area contributed by atoms with Crippen molar-refractivity contribution in [2.24, 2.45) is 0 Å². The first-order valence-electron chi connectivity index (χ1n) is 3.68. The maximum absolute atomic E-state index is 5.30. The molecule has 2 heteroatoms. The molecule has 0 spiro atoms. The zero-order valence-corrected chi connectivity index (χ0v) is 7.26. The van der Waals surface area contributed by atoms with E-state index in [4.69, 9.17) is 9.47 Å². The van der Waals surface area contributed by atoms with Gasteiger partial charge in [-0.05, 0) is 13.0 Å². The summed E-state index contributed by atoms with van der Waals surface area (Å²) in [6.45, 7) is 2.04. The lowest BCUT2D eigenvalue weighted by atomic mass is 9.96. The van der Waals surface area contributed by atoms with Gasteiger partial charge in [-0.25, -0.2) is 0 Å². The maximum atomic E-state index is 5.30. The molecule has 1 atom stereocenters. The van der Waals surface area contributed by atoms with Crippen LogP contribution >= 0.6 is 0 Å². The highest BCUT2D eigenvalue weighted by Gasteiger charge is 2.24. The van der Waals surface area contributed by atoms with Crippen molar-refractivity contribution in [3.8, 4) is 0 Å². The van der Waals surface area contributed by atoms with Gasteiger partial charge in [-0.3, -0.25) is 0 Å². The molecule has 1 aliphatic rings. The number of hydrogen-bond acceptors (Lipinski definition) is 2. The van der Waals surface area contributed by atoms with Crippen LogP contribution in [0.4, 0.5) is 0 Å². The van der Waals surface area contributed by atoms with E-state index in [-0.39, 0.29) is 5.60 Å². The Morgan fingerprint density at radius 3 is 2.73 bits per heavy atom. The molecule has 0 saturated heterocycles. The zero-order valence-electron chi connectivity index (χ0n) is 7.26. The molecule has 1 rings (SSSR count). The third-order valence-corrected chi connectivity index (χ3v) is 1.98. The molecule has 0 aromatic carbocycles. The Bertz CT molecular complexity index is 194. The molecule has 2 nitrogen and oxygen atoms in total. The fourth-order valence-corrected chi connectivity index (χ4v) is 1.10. The van der Waals surface area contributed by atoms with E-state index in [9.17, 15) is 0 Å². The summed E-state index contributed by atoms with van der Waals surface area (Å²) in [6.07, 6.45) is 6.78.